The van der Waals surface area contributed by atoms with Crippen molar-refractivity contribution in [1.29, 1.82) is 0 Å². The zero-order valence-electron chi connectivity index (χ0n) is 20.7. The maximum absolute atomic E-state index is 14.3. The molecule has 7 nitrogen and oxygen atoms in total. The quantitative estimate of drug-likeness (QED) is 0.457. The van der Waals surface area contributed by atoms with Gasteiger partial charge in [-0.05, 0) is 57.7 Å². The number of hydrogen-bond donors (Lipinski definition) is 0. The molecule has 3 aromatic rings. The molecule has 0 unspecified atom stereocenters. The maximum Gasteiger partial charge on any atom is 0.258 e. The summed E-state index contributed by atoms with van der Waals surface area (Å²) < 4.78 is 22.4. The number of nitrogens with zero attached hydrogens (tertiary/aromatic N) is 5. The first kappa shape index (κ1) is 23.7. The van der Waals surface area contributed by atoms with E-state index >= 15 is 0 Å². The predicted molar refractivity (Wildman–Crippen MR) is 135 cm³/mol. The predicted octanol–water partition coefficient (Wildman–Crippen LogP) is 5.16. The number of amides is 1. The van der Waals surface area contributed by atoms with Crippen LogP contribution in [0.5, 0.6) is 5.75 Å². The Morgan fingerprint density at radius 2 is 2.00 bits per heavy atom. The van der Waals surface area contributed by atoms with Gasteiger partial charge in [0.25, 0.3) is 5.91 Å². The molecule has 190 valence electrons. The van der Waals surface area contributed by atoms with Gasteiger partial charge in [0.05, 0.1) is 35.1 Å². The lowest BCUT2D eigenvalue weighted by molar-refractivity contribution is 0.0471. The third-order valence-electron chi connectivity index (χ3n) is 8.06. The summed E-state index contributed by atoms with van der Waals surface area (Å²) in [4.78, 5) is 22.4. The molecule has 6 rings (SSSR count). The Morgan fingerprint density at radius 3 is 2.75 bits per heavy atom. The van der Waals surface area contributed by atoms with Gasteiger partial charge in [0.2, 0.25) is 0 Å². The average molecular weight is 512 g/mol. The summed E-state index contributed by atoms with van der Waals surface area (Å²) in [7, 11) is 0. The van der Waals surface area contributed by atoms with Crippen molar-refractivity contribution in [2.24, 2.45) is 0 Å². The highest BCUT2D eigenvalue weighted by Crippen LogP contribution is 2.38. The largest absolute Gasteiger partial charge is 0.489 e. The summed E-state index contributed by atoms with van der Waals surface area (Å²) in [5, 5.41) is 5.19. The minimum Gasteiger partial charge on any atom is -0.489 e. The normalized spacial score (nSPS) is 23.4. The Labute approximate surface area is 215 Å². The topological polar surface area (TPSA) is 63.0 Å². The summed E-state index contributed by atoms with van der Waals surface area (Å²) in [5.74, 6) is -0.245. The molecule has 1 amide bonds. The fourth-order valence-corrected chi connectivity index (χ4v) is 6.30. The number of carbonyl (C=O) groups excluding carboxylic acids is 1. The molecule has 0 N–H and O–H groups in total. The standard InChI is InChI=1S/C27H31ClFN5O2/c1-3-4-9-33-18-6-7-19(33)12-20(11-18)36-25-10-17(29)5-8-21(25)27(35)32-14-22-24(15-32)31-34-16(2)23(28)13-30-26(22)34/h5,8,10,13,18-20H,3-4,6-7,9,11-12,14-15H2,1-2H3/t18-,19+,20+. The Hall–Kier alpha value is -2.71. The zero-order chi connectivity index (χ0) is 25.0. The number of aromatic nitrogens is 3. The first-order valence-corrected chi connectivity index (χ1v) is 13.3. The van der Waals surface area contributed by atoms with Gasteiger partial charge in [0.15, 0.2) is 5.65 Å². The minimum atomic E-state index is -0.399. The number of rotatable bonds is 6. The van der Waals surface area contributed by atoms with Crippen LogP contribution in [0.25, 0.3) is 5.65 Å². The molecule has 0 spiro atoms. The molecule has 9 heteroatoms. The molecule has 2 fully saturated rings. The molecular formula is C27H31ClFN5O2. The number of unbranched alkanes of at least 4 members (excludes halogenated alkanes) is 1. The van der Waals surface area contributed by atoms with E-state index < -0.39 is 5.82 Å². The van der Waals surface area contributed by atoms with Gasteiger partial charge < -0.3 is 9.64 Å². The number of carbonyl (C=O) groups is 1. The third-order valence-corrected chi connectivity index (χ3v) is 8.43. The summed E-state index contributed by atoms with van der Waals surface area (Å²) in [6, 6.07) is 5.27. The molecule has 3 aliphatic heterocycles. The van der Waals surface area contributed by atoms with Gasteiger partial charge in [-0.25, -0.2) is 13.9 Å². The lowest BCUT2D eigenvalue weighted by atomic mass is 9.99. The Kier molecular flexibility index (Phi) is 6.12. The SMILES string of the molecule is CCCCN1[C@@H]2CC[C@H]1C[C@@H](Oc1cc(F)ccc1C(=O)N1Cc3nn4c(C)c(Cl)cnc4c3C1)C2. The molecular weight excluding hydrogens is 481 g/mol. The monoisotopic (exact) mass is 511 g/mol. The van der Waals surface area contributed by atoms with E-state index in [4.69, 9.17) is 16.3 Å². The maximum atomic E-state index is 14.3. The molecule has 2 bridgehead atoms. The van der Waals surface area contributed by atoms with E-state index in [2.05, 4.69) is 21.9 Å². The second-order valence-corrected chi connectivity index (χ2v) is 10.7. The van der Waals surface area contributed by atoms with E-state index in [-0.39, 0.29) is 12.0 Å². The fraction of sp³-hybridized carbons (Fsp3) is 0.519. The van der Waals surface area contributed by atoms with Gasteiger partial charge in [0, 0.05) is 29.9 Å². The first-order chi connectivity index (χ1) is 17.4. The van der Waals surface area contributed by atoms with Crippen LogP contribution in [-0.2, 0) is 13.1 Å². The number of piperidine rings is 1. The van der Waals surface area contributed by atoms with Crippen LogP contribution in [0.1, 0.15) is 72.8 Å². The molecule has 5 heterocycles. The summed E-state index contributed by atoms with van der Waals surface area (Å²) in [5.41, 5.74) is 3.65. The van der Waals surface area contributed by atoms with Crippen LogP contribution in [-0.4, -0.2) is 55.0 Å². The number of aryl methyl sites for hydroxylation is 1. The third kappa shape index (κ3) is 4.04. The highest BCUT2D eigenvalue weighted by atomic mass is 35.5. The van der Waals surface area contributed by atoms with E-state index in [9.17, 15) is 9.18 Å². The van der Waals surface area contributed by atoms with E-state index in [1.54, 1.807) is 21.7 Å². The molecule has 0 radical (unpaired) electrons. The lowest BCUT2D eigenvalue weighted by Crippen LogP contribution is -2.46. The summed E-state index contributed by atoms with van der Waals surface area (Å²) >= 11 is 6.20. The van der Waals surface area contributed by atoms with Crippen LogP contribution in [0.15, 0.2) is 24.4 Å². The van der Waals surface area contributed by atoms with Gasteiger partial charge in [-0.3, -0.25) is 9.69 Å². The summed E-state index contributed by atoms with van der Waals surface area (Å²) in [6.45, 7) is 6.02. The van der Waals surface area contributed by atoms with Crippen molar-refractivity contribution in [1.82, 2.24) is 24.4 Å². The molecule has 2 saturated heterocycles. The molecule has 0 aliphatic carbocycles. The van der Waals surface area contributed by atoms with Crippen molar-refractivity contribution in [2.75, 3.05) is 6.54 Å². The second kappa shape index (κ2) is 9.30. The Bertz CT molecular complexity index is 1310. The van der Waals surface area contributed by atoms with Crippen molar-refractivity contribution in [3.63, 3.8) is 0 Å². The van der Waals surface area contributed by atoms with Crippen LogP contribution in [0.3, 0.4) is 0 Å². The molecule has 2 aromatic heterocycles. The Balaban J connectivity index is 1.20. The second-order valence-electron chi connectivity index (χ2n) is 10.3. The smallest absolute Gasteiger partial charge is 0.258 e. The number of fused-ring (bicyclic) bond motifs is 5. The van der Waals surface area contributed by atoms with E-state index in [0.717, 1.165) is 36.3 Å². The Morgan fingerprint density at radius 1 is 1.22 bits per heavy atom. The number of ether oxygens (including phenoxy) is 1. The highest BCUT2D eigenvalue weighted by molar-refractivity contribution is 6.31. The van der Waals surface area contributed by atoms with Gasteiger partial charge in [-0.15, -0.1) is 0 Å². The van der Waals surface area contributed by atoms with E-state index in [1.165, 1.54) is 37.8 Å². The number of benzene rings is 1. The van der Waals surface area contributed by atoms with Crippen LogP contribution in [0, 0.1) is 12.7 Å². The molecule has 3 aliphatic rings. The van der Waals surface area contributed by atoms with E-state index in [0.29, 0.717) is 47.2 Å². The average Bonchev–Trinajstić information content (AvgIpc) is 3.49. The van der Waals surface area contributed by atoms with Crippen molar-refractivity contribution in [2.45, 2.75) is 83.6 Å². The summed E-state index contributed by atoms with van der Waals surface area (Å²) in [6.07, 6.45) is 8.24. The zero-order valence-corrected chi connectivity index (χ0v) is 21.5. The first-order valence-electron chi connectivity index (χ1n) is 13.0. The molecule has 1 aromatic carbocycles. The number of halogens is 2. The van der Waals surface area contributed by atoms with Gasteiger partial charge in [-0.2, -0.15) is 5.10 Å². The van der Waals surface area contributed by atoms with Crippen LogP contribution in [0.2, 0.25) is 5.02 Å². The van der Waals surface area contributed by atoms with Crippen molar-refractivity contribution in [3.05, 3.63) is 57.8 Å². The van der Waals surface area contributed by atoms with Gasteiger partial charge >= 0.3 is 0 Å². The van der Waals surface area contributed by atoms with E-state index in [1.807, 2.05) is 6.92 Å². The molecule has 3 atom stereocenters. The fourth-order valence-electron chi connectivity index (χ4n) is 6.17. The van der Waals surface area contributed by atoms with Crippen LogP contribution >= 0.6 is 11.6 Å². The number of hydrogen-bond acceptors (Lipinski definition) is 5. The molecule has 36 heavy (non-hydrogen) atoms. The molecule has 0 saturated carbocycles. The van der Waals surface area contributed by atoms with Crippen molar-refractivity contribution < 1.29 is 13.9 Å². The van der Waals surface area contributed by atoms with Crippen LogP contribution < -0.4 is 4.74 Å². The van der Waals surface area contributed by atoms with Crippen molar-refractivity contribution in [3.8, 4) is 5.75 Å². The van der Waals surface area contributed by atoms with Gasteiger partial charge in [-0.1, -0.05) is 24.9 Å². The lowest BCUT2D eigenvalue weighted by Gasteiger charge is -2.39. The van der Waals surface area contributed by atoms with Gasteiger partial charge in [0.1, 0.15) is 17.7 Å². The highest BCUT2D eigenvalue weighted by Gasteiger charge is 2.41. The minimum absolute atomic E-state index is 0.00867. The van der Waals surface area contributed by atoms with Crippen LogP contribution in [0.4, 0.5) is 4.39 Å². The van der Waals surface area contributed by atoms with Crippen molar-refractivity contribution >= 4 is 23.2 Å².